The molecule has 3 fully saturated rings. The van der Waals surface area contributed by atoms with Crippen molar-refractivity contribution in [3.05, 3.63) is 96.1 Å². The molecule has 1 aliphatic carbocycles. The maximum absolute atomic E-state index is 13.1. The monoisotopic (exact) mass is 480 g/mol. The van der Waals surface area contributed by atoms with Gasteiger partial charge >= 0.3 is 0 Å². The zero-order chi connectivity index (χ0) is 24.4. The smallest absolute Gasteiger partial charge is 0.253 e. The molecule has 3 saturated heterocycles. The van der Waals surface area contributed by atoms with Crippen LogP contribution in [0.3, 0.4) is 0 Å². The van der Waals surface area contributed by atoms with E-state index in [0.717, 1.165) is 55.4 Å². The van der Waals surface area contributed by atoms with E-state index in [4.69, 9.17) is 0 Å². The van der Waals surface area contributed by atoms with Crippen LogP contribution in [0.25, 0.3) is 0 Å². The van der Waals surface area contributed by atoms with Crippen molar-refractivity contribution in [3.63, 3.8) is 0 Å². The number of likely N-dealkylation sites (tertiary alicyclic amines) is 1. The second-order valence-electron chi connectivity index (χ2n) is 11.6. The van der Waals surface area contributed by atoms with Crippen LogP contribution in [0.4, 0.5) is 0 Å². The fraction of sp³-hybridized carbons (Fsp3) is 0.485. The number of amides is 1. The van der Waals surface area contributed by atoms with Crippen LogP contribution in [0.5, 0.6) is 0 Å². The van der Waals surface area contributed by atoms with Crippen LogP contribution >= 0.6 is 0 Å². The number of carbonyl (C=O) groups excluding carboxylic acids is 1. The minimum absolute atomic E-state index is 0.169. The van der Waals surface area contributed by atoms with E-state index in [9.17, 15) is 4.79 Å². The number of fused-ring (bicyclic) bond motifs is 2. The van der Waals surface area contributed by atoms with Crippen molar-refractivity contribution in [1.29, 1.82) is 0 Å². The van der Waals surface area contributed by atoms with E-state index >= 15 is 0 Å². The molecule has 0 spiro atoms. The molecule has 2 unspecified atom stereocenters. The van der Waals surface area contributed by atoms with Crippen molar-refractivity contribution < 1.29 is 4.79 Å². The van der Waals surface area contributed by atoms with E-state index in [1.165, 1.54) is 50.6 Å². The average molecular weight is 481 g/mol. The lowest BCUT2D eigenvalue weighted by Crippen LogP contribution is -2.49. The predicted octanol–water partition coefficient (Wildman–Crippen LogP) is 6.63. The molecule has 3 heteroatoms. The molecule has 2 aromatic rings. The first kappa shape index (κ1) is 23.7. The maximum atomic E-state index is 13.1. The Hall–Kier alpha value is -2.65. The summed E-state index contributed by atoms with van der Waals surface area (Å²) in [5.41, 5.74) is 2.45. The van der Waals surface area contributed by atoms with Crippen molar-refractivity contribution in [2.75, 3.05) is 19.6 Å². The second kappa shape index (κ2) is 10.4. The molecular weight excluding hydrogens is 440 g/mol. The molecule has 0 saturated carbocycles. The molecule has 1 amide bonds. The molecule has 2 bridgehead atoms. The summed E-state index contributed by atoms with van der Waals surface area (Å²) < 4.78 is 0. The summed E-state index contributed by atoms with van der Waals surface area (Å²) in [6.45, 7) is 2.89. The summed E-state index contributed by atoms with van der Waals surface area (Å²) in [7, 11) is 0. The van der Waals surface area contributed by atoms with Crippen molar-refractivity contribution in [2.24, 2.45) is 11.8 Å². The van der Waals surface area contributed by atoms with Gasteiger partial charge in [-0.1, -0.05) is 72.8 Å². The van der Waals surface area contributed by atoms with Gasteiger partial charge in [0.15, 0.2) is 0 Å². The summed E-state index contributed by atoms with van der Waals surface area (Å²) in [4.78, 5) is 18.1. The van der Waals surface area contributed by atoms with Gasteiger partial charge in [0.1, 0.15) is 0 Å². The summed E-state index contributed by atoms with van der Waals surface area (Å²) in [6.07, 6.45) is 19.4. The molecular formula is C33H40N2O. The summed E-state index contributed by atoms with van der Waals surface area (Å²) in [5.74, 6) is 1.79. The molecule has 4 aliphatic rings. The van der Waals surface area contributed by atoms with E-state index in [2.05, 4.69) is 64.4 Å². The Balaban J connectivity index is 1.13. The van der Waals surface area contributed by atoms with Gasteiger partial charge < -0.3 is 4.90 Å². The lowest BCUT2D eigenvalue weighted by molar-refractivity contribution is 0.0574. The number of piperidine rings is 2. The average Bonchev–Trinajstić information content (AvgIpc) is 3.19. The van der Waals surface area contributed by atoms with Gasteiger partial charge in [-0.15, -0.1) is 0 Å². The summed E-state index contributed by atoms with van der Waals surface area (Å²) in [6, 6.07) is 22.5. The van der Waals surface area contributed by atoms with E-state index in [0.29, 0.717) is 0 Å². The Morgan fingerprint density at radius 3 is 2.17 bits per heavy atom. The fourth-order valence-electron chi connectivity index (χ4n) is 7.70. The van der Waals surface area contributed by atoms with Crippen molar-refractivity contribution in [1.82, 2.24) is 9.80 Å². The number of hydrogen-bond donors (Lipinski definition) is 0. The maximum Gasteiger partial charge on any atom is 0.253 e. The van der Waals surface area contributed by atoms with Gasteiger partial charge in [0.2, 0.25) is 0 Å². The number of carbonyl (C=O) groups is 1. The molecule has 3 heterocycles. The van der Waals surface area contributed by atoms with Gasteiger partial charge in [0, 0.05) is 30.7 Å². The Labute approximate surface area is 216 Å². The Morgan fingerprint density at radius 2 is 1.53 bits per heavy atom. The number of allylic oxidation sites excluding steroid dienone is 4. The van der Waals surface area contributed by atoms with E-state index in [1.54, 1.807) is 0 Å². The van der Waals surface area contributed by atoms with E-state index < -0.39 is 0 Å². The summed E-state index contributed by atoms with van der Waals surface area (Å²) in [5, 5.41) is 0. The number of benzene rings is 2. The Kier molecular flexibility index (Phi) is 6.84. The molecule has 3 aliphatic heterocycles. The normalized spacial score (nSPS) is 29.4. The lowest BCUT2D eigenvalue weighted by Gasteiger charge is -2.46. The number of nitrogens with zero attached hydrogens (tertiary/aromatic N) is 2. The molecule has 0 N–H and O–H groups in total. The first-order valence-electron chi connectivity index (χ1n) is 14.2. The Bertz CT molecular complexity index is 1070. The highest BCUT2D eigenvalue weighted by atomic mass is 16.2. The molecule has 0 aromatic heterocycles. The number of rotatable bonds is 6. The topological polar surface area (TPSA) is 23.6 Å². The minimum atomic E-state index is 0.169. The molecule has 188 valence electrons. The third-order valence-corrected chi connectivity index (χ3v) is 9.80. The zero-order valence-electron chi connectivity index (χ0n) is 21.5. The fourth-order valence-corrected chi connectivity index (χ4v) is 7.70. The molecule has 0 radical (unpaired) electrons. The van der Waals surface area contributed by atoms with Crippen LogP contribution < -0.4 is 0 Å². The molecule has 6 rings (SSSR count). The van der Waals surface area contributed by atoms with Gasteiger partial charge in [0.05, 0.1) is 0 Å². The molecule has 36 heavy (non-hydrogen) atoms. The van der Waals surface area contributed by atoms with Crippen LogP contribution in [-0.4, -0.2) is 47.4 Å². The second-order valence-corrected chi connectivity index (χ2v) is 11.6. The third kappa shape index (κ3) is 4.70. The van der Waals surface area contributed by atoms with Gasteiger partial charge in [-0.05, 0) is 92.9 Å². The summed E-state index contributed by atoms with van der Waals surface area (Å²) >= 11 is 0. The van der Waals surface area contributed by atoms with Gasteiger partial charge in [-0.2, -0.15) is 0 Å². The highest BCUT2D eigenvalue weighted by Crippen LogP contribution is 2.45. The van der Waals surface area contributed by atoms with Gasteiger partial charge in [0.25, 0.3) is 5.91 Å². The first-order chi connectivity index (χ1) is 17.7. The van der Waals surface area contributed by atoms with Crippen molar-refractivity contribution in [2.45, 2.75) is 68.9 Å². The SMILES string of the molecule is O=C(c1ccccc1)N1CCC(CCN2[C@@H]3CC[C@H]2CC(C2C=CC=CC2)C3)(c2ccccc2)CC1. The van der Waals surface area contributed by atoms with Gasteiger partial charge in [-0.25, -0.2) is 0 Å². The van der Waals surface area contributed by atoms with Gasteiger partial charge in [-0.3, -0.25) is 9.69 Å². The van der Waals surface area contributed by atoms with Crippen LogP contribution in [0.2, 0.25) is 0 Å². The molecule has 3 nitrogen and oxygen atoms in total. The van der Waals surface area contributed by atoms with E-state index in [1.807, 2.05) is 30.3 Å². The van der Waals surface area contributed by atoms with Crippen molar-refractivity contribution >= 4 is 5.91 Å². The van der Waals surface area contributed by atoms with Crippen LogP contribution in [0, 0.1) is 11.8 Å². The highest BCUT2D eigenvalue weighted by Gasteiger charge is 2.44. The van der Waals surface area contributed by atoms with Crippen LogP contribution in [-0.2, 0) is 5.41 Å². The zero-order valence-corrected chi connectivity index (χ0v) is 21.5. The Morgan fingerprint density at radius 1 is 0.861 bits per heavy atom. The van der Waals surface area contributed by atoms with Crippen molar-refractivity contribution in [3.8, 4) is 0 Å². The quantitative estimate of drug-likeness (QED) is 0.463. The minimum Gasteiger partial charge on any atom is -0.339 e. The lowest BCUT2D eigenvalue weighted by atomic mass is 9.70. The standard InChI is InChI=1S/C33H40N2O/c36-32(27-12-6-2-7-13-27)34-21-18-33(19-22-34,29-14-8-3-9-15-29)20-23-35-30-16-17-31(35)25-28(24-30)26-10-4-1-5-11-26/h1-10,12-15,26,28,30-31H,11,16-25H2/t26?,28?,30-,31+. The largest absolute Gasteiger partial charge is 0.339 e. The van der Waals surface area contributed by atoms with Crippen LogP contribution in [0.15, 0.2) is 85.0 Å². The third-order valence-electron chi connectivity index (χ3n) is 9.80. The molecule has 2 aromatic carbocycles. The molecule has 4 atom stereocenters. The number of hydrogen-bond acceptors (Lipinski definition) is 2. The van der Waals surface area contributed by atoms with Crippen LogP contribution in [0.1, 0.15) is 67.3 Å². The van der Waals surface area contributed by atoms with E-state index in [-0.39, 0.29) is 11.3 Å². The predicted molar refractivity (Wildman–Crippen MR) is 147 cm³/mol. The highest BCUT2D eigenvalue weighted by molar-refractivity contribution is 5.94. The first-order valence-corrected chi connectivity index (χ1v) is 14.2.